The van der Waals surface area contributed by atoms with E-state index in [1.807, 2.05) is 60.8 Å². The number of benzene rings is 2. The van der Waals surface area contributed by atoms with Gasteiger partial charge in [-0.15, -0.1) is 0 Å². The number of carbonyl (C=O) groups excluding carboxylic acids is 3. The number of nitrogens with zero attached hydrogens (tertiary/aromatic N) is 3. The van der Waals surface area contributed by atoms with Crippen LogP contribution >= 0.6 is 0 Å². The topological polar surface area (TPSA) is 90.3 Å². The number of methoxy groups -OCH3 is 1. The van der Waals surface area contributed by atoms with Gasteiger partial charge in [0.15, 0.2) is 0 Å². The molecule has 2 amide bonds. The molecule has 3 atom stereocenters. The van der Waals surface area contributed by atoms with Crippen LogP contribution in [-0.2, 0) is 24.5 Å². The number of amides is 2. The third kappa shape index (κ3) is 4.30. The van der Waals surface area contributed by atoms with Gasteiger partial charge in [0.25, 0.3) is 0 Å². The van der Waals surface area contributed by atoms with Crippen molar-refractivity contribution in [1.29, 1.82) is 0 Å². The molecule has 0 saturated carbocycles. The lowest BCUT2D eigenvalue weighted by Crippen LogP contribution is -2.59. The van der Waals surface area contributed by atoms with E-state index in [4.69, 9.17) is 14.2 Å². The van der Waals surface area contributed by atoms with Crippen LogP contribution in [0, 0.1) is 0 Å². The van der Waals surface area contributed by atoms with Crippen molar-refractivity contribution in [2.24, 2.45) is 0 Å². The first-order valence-electron chi connectivity index (χ1n) is 13.1. The molecule has 0 bridgehead atoms. The van der Waals surface area contributed by atoms with Crippen molar-refractivity contribution in [3.8, 4) is 0 Å². The monoisotopic (exact) mass is 533 g/mol. The van der Waals surface area contributed by atoms with E-state index in [0.717, 1.165) is 16.5 Å². The molecular weight excluding hydrogens is 498 g/mol. The van der Waals surface area contributed by atoms with Gasteiger partial charge in [0.1, 0.15) is 28.9 Å². The molecule has 0 unspecified atom stereocenters. The molecule has 2 aliphatic heterocycles. The summed E-state index contributed by atoms with van der Waals surface area (Å²) in [7, 11) is 1.29. The molecule has 1 aromatic heterocycles. The molecule has 1 fully saturated rings. The quantitative estimate of drug-likeness (QED) is 0.312. The molecule has 3 aromatic rings. The summed E-state index contributed by atoms with van der Waals surface area (Å²) in [5, 5.41) is 0.990. The van der Waals surface area contributed by atoms with E-state index >= 15 is 0 Å². The first-order valence-corrected chi connectivity index (χ1v) is 13.1. The summed E-state index contributed by atoms with van der Waals surface area (Å²) in [5.74, 6) is -0.590. The lowest BCUT2D eigenvalue weighted by molar-refractivity contribution is -0.146. The minimum absolute atomic E-state index is 0.165. The van der Waals surface area contributed by atoms with Crippen molar-refractivity contribution < 1.29 is 28.6 Å². The first-order chi connectivity index (χ1) is 18.3. The zero-order valence-electron chi connectivity index (χ0n) is 23.4. The van der Waals surface area contributed by atoms with Crippen LogP contribution in [0.3, 0.4) is 0 Å². The molecule has 0 aliphatic carbocycles. The van der Waals surface area contributed by atoms with Gasteiger partial charge in [-0.1, -0.05) is 36.4 Å². The Labute approximate surface area is 228 Å². The van der Waals surface area contributed by atoms with E-state index in [2.05, 4.69) is 4.57 Å². The smallest absolute Gasteiger partial charge is 0.416 e. The van der Waals surface area contributed by atoms with Gasteiger partial charge >= 0.3 is 18.2 Å². The number of aromatic nitrogens is 1. The Balaban J connectivity index is 1.82. The number of likely N-dealkylation sites (tertiary alicyclic amines) is 1. The van der Waals surface area contributed by atoms with Crippen LogP contribution in [0.4, 0.5) is 15.3 Å². The molecule has 9 heteroatoms. The molecule has 0 radical (unpaired) electrons. The molecule has 0 N–H and O–H groups in total. The summed E-state index contributed by atoms with van der Waals surface area (Å²) in [6, 6.07) is 16.4. The molecule has 206 valence electrons. The second-order valence-corrected chi connectivity index (χ2v) is 12.0. The number of hydrogen-bond acceptors (Lipinski definition) is 6. The van der Waals surface area contributed by atoms with Gasteiger partial charge in [0.05, 0.1) is 12.8 Å². The summed E-state index contributed by atoms with van der Waals surface area (Å²) in [4.78, 5) is 44.0. The highest BCUT2D eigenvalue weighted by Crippen LogP contribution is 2.56. The van der Waals surface area contributed by atoms with E-state index in [9.17, 15) is 14.4 Å². The normalized spacial score (nSPS) is 22.4. The third-order valence-electron chi connectivity index (χ3n) is 7.10. The van der Waals surface area contributed by atoms with E-state index < -0.39 is 47.1 Å². The highest BCUT2D eigenvalue weighted by molar-refractivity contribution is 5.96. The van der Waals surface area contributed by atoms with E-state index in [1.165, 1.54) is 16.9 Å². The summed E-state index contributed by atoms with van der Waals surface area (Å²) >= 11 is 0. The van der Waals surface area contributed by atoms with Crippen LogP contribution in [0.15, 0.2) is 60.8 Å². The third-order valence-corrected chi connectivity index (χ3v) is 7.10. The molecule has 2 aromatic carbocycles. The number of hydrogen-bond donors (Lipinski definition) is 0. The standard InChI is InChI=1S/C30H35N3O6/c1-28(2,3)38-26(35)32-22-15-11-9-13-20(22)30(31-17-16-19-12-8-10-14-21(19)31)18-23(24(34)37-7)33(25(30)32)27(36)39-29(4,5)6/h8-17,23,25H,18H2,1-7H3/t23-,25+,30-/m1/s1. The Morgan fingerprint density at radius 3 is 2.13 bits per heavy atom. The van der Waals surface area contributed by atoms with Crippen LogP contribution in [0.25, 0.3) is 10.9 Å². The maximum Gasteiger partial charge on any atom is 0.416 e. The molecule has 0 spiro atoms. The highest BCUT2D eigenvalue weighted by atomic mass is 16.6. The van der Waals surface area contributed by atoms with Gasteiger partial charge < -0.3 is 18.8 Å². The Bertz CT molecular complexity index is 1450. The molecular formula is C30H35N3O6. The maximum atomic E-state index is 13.9. The predicted octanol–water partition coefficient (Wildman–Crippen LogP) is 5.65. The second-order valence-electron chi connectivity index (χ2n) is 12.0. The predicted molar refractivity (Wildman–Crippen MR) is 146 cm³/mol. The van der Waals surface area contributed by atoms with Crippen LogP contribution < -0.4 is 4.90 Å². The van der Waals surface area contributed by atoms with Crippen LogP contribution in [-0.4, -0.2) is 58.1 Å². The minimum Gasteiger partial charge on any atom is -0.467 e. The minimum atomic E-state index is -1.04. The zero-order valence-corrected chi connectivity index (χ0v) is 23.4. The Kier molecular flexibility index (Phi) is 6.16. The first kappa shape index (κ1) is 26.6. The Morgan fingerprint density at radius 2 is 1.46 bits per heavy atom. The number of esters is 1. The largest absolute Gasteiger partial charge is 0.467 e. The van der Waals surface area contributed by atoms with Crippen molar-refractivity contribution in [2.75, 3.05) is 12.0 Å². The van der Waals surface area contributed by atoms with Crippen molar-refractivity contribution in [3.63, 3.8) is 0 Å². The van der Waals surface area contributed by atoms with Crippen molar-refractivity contribution in [3.05, 3.63) is 66.4 Å². The Morgan fingerprint density at radius 1 is 0.846 bits per heavy atom. The van der Waals surface area contributed by atoms with E-state index in [-0.39, 0.29) is 6.42 Å². The summed E-state index contributed by atoms with van der Waals surface area (Å²) < 4.78 is 19.0. The molecule has 1 saturated heterocycles. The summed E-state index contributed by atoms with van der Waals surface area (Å²) in [6.07, 6.45) is -0.210. The average molecular weight is 534 g/mol. The number of anilines is 1. The molecule has 9 nitrogen and oxygen atoms in total. The van der Waals surface area contributed by atoms with Crippen molar-refractivity contribution >= 4 is 34.7 Å². The number of carbonyl (C=O) groups is 3. The number of rotatable bonds is 2. The van der Waals surface area contributed by atoms with Crippen LogP contribution in [0.1, 0.15) is 53.5 Å². The van der Waals surface area contributed by atoms with Gasteiger partial charge in [-0.05, 0) is 65.1 Å². The zero-order chi connectivity index (χ0) is 28.3. The SMILES string of the molecule is COC(=O)[C@H]1C[C@@]2(n3ccc4ccccc43)c3ccccc3N(C(=O)OC(C)(C)C)[C@H]2N1C(=O)OC(C)(C)C. The number of fused-ring (bicyclic) bond motifs is 4. The van der Waals surface area contributed by atoms with E-state index in [1.54, 1.807) is 41.5 Å². The summed E-state index contributed by atoms with van der Waals surface area (Å²) in [5.41, 5.74) is -0.377. The molecule has 2 aliphatic rings. The van der Waals surface area contributed by atoms with Gasteiger partial charge in [0.2, 0.25) is 0 Å². The Hall–Kier alpha value is -4.01. The fraction of sp³-hybridized carbons (Fsp3) is 0.433. The lowest BCUT2D eigenvalue weighted by atomic mass is 9.86. The van der Waals surface area contributed by atoms with Gasteiger partial charge in [-0.25, -0.2) is 14.4 Å². The van der Waals surface area contributed by atoms with Crippen molar-refractivity contribution in [2.45, 2.75) is 76.9 Å². The van der Waals surface area contributed by atoms with Crippen LogP contribution in [0.5, 0.6) is 0 Å². The number of para-hydroxylation sites is 2. The molecule has 3 heterocycles. The van der Waals surface area contributed by atoms with Gasteiger partial charge in [-0.3, -0.25) is 9.80 Å². The van der Waals surface area contributed by atoms with Crippen LogP contribution in [0.2, 0.25) is 0 Å². The molecule has 39 heavy (non-hydrogen) atoms. The van der Waals surface area contributed by atoms with E-state index in [0.29, 0.717) is 5.69 Å². The van der Waals surface area contributed by atoms with Gasteiger partial charge in [-0.2, -0.15) is 0 Å². The average Bonchev–Trinajstić information content (AvgIpc) is 3.49. The fourth-order valence-electron chi connectivity index (χ4n) is 5.84. The highest BCUT2D eigenvalue weighted by Gasteiger charge is 2.67. The lowest BCUT2D eigenvalue weighted by Gasteiger charge is -2.39. The maximum absolute atomic E-state index is 13.9. The second kappa shape index (κ2) is 9.03. The fourth-order valence-corrected chi connectivity index (χ4v) is 5.84. The van der Waals surface area contributed by atoms with Gasteiger partial charge in [0, 0.05) is 23.7 Å². The molecule has 5 rings (SSSR count). The van der Waals surface area contributed by atoms with Crippen molar-refractivity contribution in [1.82, 2.24) is 9.47 Å². The number of ether oxygens (including phenoxy) is 3. The summed E-state index contributed by atoms with van der Waals surface area (Å²) in [6.45, 7) is 10.6.